The molecule has 0 spiro atoms. The summed E-state index contributed by atoms with van der Waals surface area (Å²) in [6.07, 6.45) is 0.795. The van der Waals surface area contributed by atoms with Gasteiger partial charge in [-0.2, -0.15) is 5.84 Å². The van der Waals surface area contributed by atoms with E-state index in [0.29, 0.717) is 6.54 Å². The van der Waals surface area contributed by atoms with Crippen molar-refractivity contribution in [2.24, 2.45) is 0 Å². The van der Waals surface area contributed by atoms with Gasteiger partial charge in [-0.1, -0.05) is 6.92 Å². The quantitative estimate of drug-likeness (QED) is 0.458. The van der Waals surface area contributed by atoms with Gasteiger partial charge in [0.05, 0.1) is 0 Å². The SMILES string of the molecule is [CH2]CCN[NH]. The number of hydrogen-bond acceptors (Lipinski definition) is 1. The molecule has 5 heavy (non-hydrogen) atoms. The zero-order valence-electron chi connectivity index (χ0n) is 3.12. The molecule has 0 aromatic carbocycles. The van der Waals surface area contributed by atoms with E-state index in [1.54, 1.807) is 0 Å². The molecule has 0 rings (SSSR count). The predicted molar refractivity (Wildman–Crippen MR) is 21.1 cm³/mol. The average molecular weight is 72.1 g/mol. The van der Waals surface area contributed by atoms with Crippen LogP contribution in [0.25, 0.3) is 0 Å². The van der Waals surface area contributed by atoms with Crippen LogP contribution in [0.5, 0.6) is 0 Å². The summed E-state index contributed by atoms with van der Waals surface area (Å²) in [5, 5.41) is 0. The largest absolute Gasteiger partial charge is 0.243 e. The molecule has 2 heteroatoms. The first-order valence-corrected chi connectivity index (χ1v) is 1.60. The Labute approximate surface area is 32.3 Å². The van der Waals surface area contributed by atoms with Crippen LogP contribution in [-0.4, -0.2) is 6.54 Å². The molecule has 0 aliphatic carbocycles. The smallest absolute Gasteiger partial charge is 0.0113 e. The zero-order valence-corrected chi connectivity index (χ0v) is 3.12. The molecule has 0 bridgehead atoms. The lowest BCUT2D eigenvalue weighted by atomic mass is 10.5. The van der Waals surface area contributed by atoms with Gasteiger partial charge in [0.15, 0.2) is 0 Å². The molecule has 0 saturated carbocycles. The van der Waals surface area contributed by atoms with Crippen LogP contribution < -0.4 is 11.3 Å². The Morgan fingerprint density at radius 2 is 2.40 bits per heavy atom. The van der Waals surface area contributed by atoms with Crippen LogP contribution in [0, 0.1) is 6.92 Å². The number of hydrogen-bond donors (Lipinski definition) is 1. The Bertz CT molecular complexity index is 12.4. The molecule has 30 valence electrons. The van der Waals surface area contributed by atoms with E-state index >= 15 is 0 Å². The van der Waals surface area contributed by atoms with Gasteiger partial charge in [-0.3, -0.25) is 0 Å². The minimum Gasteiger partial charge on any atom is -0.243 e. The second-order valence-electron chi connectivity index (χ2n) is 0.780. The van der Waals surface area contributed by atoms with Crippen LogP contribution in [0.1, 0.15) is 6.42 Å². The lowest BCUT2D eigenvalue weighted by molar-refractivity contribution is 0.714. The van der Waals surface area contributed by atoms with E-state index in [4.69, 9.17) is 5.84 Å². The van der Waals surface area contributed by atoms with E-state index in [1.807, 2.05) is 0 Å². The van der Waals surface area contributed by atoms with Gasteiger partial charge < -0.3 is 0 Å². The second kappa shape index (κ2) is 3.92. The molecule has 0 aromatic heterocycles. The van der Waals surface area contributed by atoms with Gasteiger partial charge in [0.25, 0.3) is 0 Å². The highest BCUT2D eigenvalue weighted by molar-refractivity contribution is 4.36. The van der Waals surface area contributed by atoms with Crippen LogP contribution in [-0.2, 0) is 0 Å². The lowest BCUT2D eigenvalue weighted by Gasteiger charge is -1.83. The summed E-state index contributed by atoms with van der Waals surface area (Å²) >= 11 is 0. The van der Waals surface area contributed by atoms with Gasteiger partial charge in [0.2, 0.25) is 0 Å². The standard InChI is InChI=1S/C3H8N2/c1-2-3-5-4/h4-5H,1-3H2. The Morgan fingerprint density at radius 3 is 2.40 bits per heavy atom. The monoisotopic (exact) mass is 72.1 g/mol. The maximum Gasteiger partial charge on any atom is 0.0113 e. The molecule has 0 amide bonds. The summed E-state index contributed by atoms with van der Waals surface area (Å²) < 4.78 is 0. The first kappa shape index (κ1) is 4.92. The van der Waals surface area contributed by atoms with Gasteiger partial charge >= 0.3 is 0 Å². The third kappa shape index (κ3) is 3.92. The topological polar surface area (TPSA) is 35.8 Å². The van der Waals surface area contributed by atoms with Crippen molar-refractivity contribution in [1.29, 1.82) is 0 Å². The minimum atomic E-state index is 0.694. The first-order valence-electron chi connectivity index (χ1n) is 1.60. The summed E-state index contributed by atoms with van der Waals surface area (Å²) in [6.45, 7) is 4.19. The zero-order chi connectivity index (χ0) is 4.12. The summed E-state index contributed by atoms with van der Waals surface area (Å²) in [5.41, 5.74) is 2.20. The fourth-order valence-electron chi connectivity index (χ4n) is 0.0884. The van der Waals surface area contributed by atoms with Crippen LogP contribution in [0.4, 0.5) is 0 Å². The summed E-state index contributed by atoms with van der Waals surface area (Å²) in [6, 6.07) is 0. The van der Waals surface area contributed by atoms with E-state index in [1.165, 1.54) is 0 Å². The summed E-state index contributed by atoms with van der Waals surface area (Å²) in [7, 11) is 0. The third-order valence-electron chi connectivity index (χ3n) is 0.302. The molecule has 0 fully saturated rings. The van der Waals surface area contributed by atoms with Crippen LogP contribution in [0.2, 0.25) is 0 Å². The molecule has 2 N–H and O–H groups in total. The molecule has 0 aliphatic rings. The van der Waals surface area contributed by atoms with Crippen LogP contribution in [0.3, 0.4) is 0 Å². The molecule has 2 nitrogen and oxygen atoms in total. The average Bonchev–Trinajstić information content (AvgIpc) is 1.41. The fraction of sp³-hybridized carbons (Fsp3) is 0.667. The molecule has 0 aliphatic heterocycles. The van der Waals surface area contributed by atoms with Crippen LogP contribution >= 0.6 is 0 Å². The maximum absolute atomic E-state index is 6.31. The van der Waals surface area contributed by atoms with Crippen molar-refractivity contribution in [2.45, 2.75) is 6.42 Å². The van der Waals surface area contributed by atoms with Crippen molar-refractivity contribution >= 4 is 0 Å². The van der Waals surface area contributed by atoms with Gasteiger partial charge in [-0.05, 0) is 6.42 Å². The Kier molecular flexibility index (Phi) is 3.86. The summed E-state index contributed by atoms with van der Waals surface area (Å²) in [5.74, 6) is 6.31. The molecule has 0 saturated heterocycles. The Morgan fingerprint density at radius 1 is 1.80 bits per heavy atom. The van der Waals surface area contributed by atoms with Crippen molar-refractivity contribution in [3.05, 3.63) is 6.92 Å². The van der Waals surface area contributed by atoms with E-state index in [2.05, 4.69) is 12.3 Å². The van der Waals surface area contributed by atoms with E-state index < -0.39 is 0 Å². The summed E-state index contributed by atoms with van der Waals surface area (Å²) in [4.78, 5) is 0. The van der Waals surface area contributed by atoms with E-state index in [-0.39, 0.29) is 0 Å². The highest BCUT2D eigenvalue weighted by Crippen LogP contribution is 1.60. The first-order chi connectivity index (χ1) is 2.41. The van der Waals surface area contributed by atoms with Crippen molar-refractivity contribution in [2.75, 3.05) is 6.54 Å². The van der Waals surface area contributed by atoms with E-state index in [9.17, 15) is 0 Å². The van der Waals surface area contributed by atoms with Crippen molar-refractivity contribution in [3.63, 3.8) is 0 Å². The molecule has 0 unspecified atom stereocenters. The molecule has 0 heterocycles. The fourth-order valence-corrected chi connectivity index (χ4v) is 0.0884. The lowest BCUT2D eigenvalue weighted by Crippen LogP contribution is -2.09. The molecule has 0 atom stereocenters. The number of nitrogens with one attached hydrogen (secondary N) is 2. The Hall–Kier alpha value is -0.0800. The van der Waals surface area contributed by atoms with Gasteiger partial charge in [0, 0.05) is 6.54 Å². The molecule has 0 aromatic rings. The Balaban J connectivity index is 2.19. The normalized spacial score (nSPS) is 8.40. The highest BCUT2D eigenvalue weighted by Gasteiger charge is 1.66. The van der Waals surface area contributed by atoms with Crippen molar-refractivity contribution in [3.8, 4) is 0 Å². The maximum atomic E-state index is 6.31. The van der Waals surface area contributed by atoms with Gasteiger partial charge in [0.1, 0.15) is 0 Å². The third-order valence-corrected chi connectivity index (χ3v) is 0.302. The van der Waals surface area contributed by atoms with Crippen molar-refractivity contribution in [1.82, 2.24) is 11.3 Å². The van der Waals surface area contributed by atoms with Crippen molar-refractivity contribution < 1.29 is 0 Å². The molecule has 2 radical (unpaired) electrons. The van der Waals surface area contributed by atoms with E-state index in [0.717, 1.165) is 6.42 Å². The predicted octanol–water partition coefficient (Wildman–Crippen LogP) is -0.00191. The van der Waals surface area contributed by atoms with Gasteiger partial charge in [-0.15, -0.1) is 0 Å². The van der Waals surface area contributed by atoms with Crippen LogP contribution in [0.15, 0.2) is 0 Å². The molecular formula is C3H8N2. The van der Waals surface area contributed by atoms with Gasteiger partial charge in [-0.25, -0.2) is 5.43 Å². The number of rotatable bonds is 2. The second-order valence-corrected chi connectivity index (χ2v) is 0.780. The molecular weight excluding hydrogens is 64.0 g/mol. The highest BCUT2D eigenvalue weighted by atomic mass is 15.2. The minimum absolute atomic E-state index is 0.694.